The third-order valence-electron chi connectivity index (χ3n) is 3.79. The Bertz CT molecular complexity index is 394. The SMILES string of the molecule is Cc1nccc(N2CCOC3CCCCC32)n1. The molecule has 0 amide bonds. The lowest BCUT2D eigenvalue weighted by Gasteiger charge is -2.44. The minimum absolute atomic E-state index is 0.410. The first-order valence-corrected chi connectivity index (χ1v) is 6.52. The Morgan fingerprint density at radius 1 is 1.35 bits per heavy atom. The highest BCUT2D eigenvalue weighted by atomic mass is 16.5. The number of anilines is 1. The summed E-state index contributed by atoms with van der Waals surface area (Å²) < 4.78 is 5.88. The summed E-state index contributed by atoms with van der Waals surface area (Å²) in [6.07, 6.45) is 7.31. The molecular formula is C13H19N3O. The first kappa shape index (κ1) is 11.0. The molecule has 1 aliphatic heterocycles. The summed E-state index contributed by atoms with van der Waals surface area (Å²) in [5.41, 5.74) is 0. The van der Waals surface area contributed by atoms with Crippen LogP contribution in [0.2, 0.25) is 0 Å². The Kier molecular flexibility index (Phi) is 2.97. The summed E-state index contributed by atoms with van der Waals surface area (Å²) in [5, 5.41) is 0. The molecule has 2 atom stereocenters. The van der Waals surface area contributed by atoms with Gasteiger partial charge >= 0.3 is 0 Å². The highest BCUT2D eigenvalue weighted by Gasteiger charge is 2.34. The summed E-state index contributed by atoms with van der Waals surface area (Å²) in [7, 11) is 0. The van der Waals surface area contributed by atoms with E-state index in [1.165, 1.54) is 25.7 Å². The van der Waals surface area contributed by atoms with Gasteiger partial charge in [-0.15, -0.1) is 0 Å². The molecule has 17 heavy (non-hydrogen) atoms. The number of rotatable bonds is 1. The quantitative estimate of drug-likeness (QED) is 0.743. The highest BCUT2D eigenvalue weighted by Crippen LogP contribution is 2.30. The van der Waals surface area contributed by atoms with Crippen LogP contribution in [-0.2, 0) is 4.74 Å². The van der Waals surface area contributed by atoms with E-state index in [9.17, 15) is 0 Å². The average Bonchev–Trinajstić information content (AvgIpc) is 2.38. The van der Waals surface area contributed by atoms with Gasteiger partial charge < -0.3 is 9.64 Å². The molecule has 2 aliphatic rings. The van der Waals surface area contributed by atoms with Crippen LogP contribution < -0.4 is 4.90 Å². The summed E-state index contributed by atoms with van der Waals surface area (Å²) >= 11 is 0. The van der Waals surface area contributed by atoms with Crippen molar-refractivity contribution >= 4 is 5.82 Å². The number of hydrogen-bond donors (Lipinski definition) is 0. The molecule has 3 rings (SSSR count). The van der Waals surface area contributed by atoms with Gasteiger partial charge in [-0.25, -0.2) is 9.97 Å². The molecule has 4 nitrogen and oxygen atoms in total. The van der Waals surface area contributed by atoms with Gasteiger partial charge in [-0.3, -0.25) is 0 Å². The van der Waals surface area contributed by atoms with Gasteiger partial charge in [-0.2, -0.15) is 0 Å². The number of hydrogen-bond acceptors (Lipinski definition) is 4. The fraction of sp³-hybridized carbons (Fsp3) is 0.692. The largest absolute Gasteiger partial charge is 0.374 e. The van der Waals surface area contributed by atoms with Crippen molar-refractivity contribution < 1.29 is 4.74 Å². The van der Waals surface area contributed by atoms with E-state index in [-0.39, 0.29) is 0 Å². The maximum Gasteiger partial charge on any atom is 0.132 e. The first-order chi connectivity index (χ1) is 8.34. The van der Waals surface area contributed by atoms with Crippen LogP contribution in [0.5, 0.6) is 0 Å². The molecule has 92 valence electrons. The van der Waals surface area contributed by atoms with Crippen LogP contribution in [0.25, 0.3) is 0 Å². The van der Waals surface area contributed by atoms with Gasteiger partial charge in [0.05, 0.1) is 18.8 Å². The van der Waals surface area contributed by atoms with Crippen LogP contribution in [0.4, 0.5) is 5.82 Å². The van der Waals surface area contributed by atoms with Crippen molar-refractivity contribution in [1.82, 2.24) is 9.97 Å². The number of morpholine rings is 1. The van der Waals surface area contributed by atoms with Crippen LogP contribution in [0.3, 0.4) is 0 Å². The summed E-state index contributed by atoms with van der Waals surface area (Å²) in [4.78, 5) is 11.1. The third kappa shape index (κ3) is 2.14. The van der Waals surface area contributed by atoms with E-state index in [0.29, 0.717) is 12.1 Å². The van der Waals surface area contributed by atoms with Gasteiger partial charge in [0.15, 0.2) is 0 Å². The molecule has 1 aromatic rings. The fourth-order valence-corrected chi connectivity index (χ4v) is 2.98. The lowest BCUT2D eigenvalue weighted by Crippen LogP contribution is -2.53. The minimum Gasteiger partial charge on any atom is -0.374 e. The zero-order chi connectivity index (χ0) is 11.7. The van der Waals surface area contributed by atoms with Crippen molar-refractivity contribution in [2.75, 3.05) is 18.1 Å². The normalized spacial score (nSPS) is 28.9. The highest BCUT2D eigenvalue weighted by molar-refractivity contribution is 5.40. The standard InChI is InChI=1S/C13H19N3O/c1-10-14-7-6-13(15-10)16-8-9-17-12-5-3-2-4-11(12)16/h6-7,11-12H,2-5,8-9H2,1H3. The molecule has 4 heteroatoms. The maximum absolute atomic E-state index is 5.88. The fourth-order valence-electron chi connectivity index (χ4n) is 2.98. The molecular weight excluding hydrogens is 214 g/mol. The van der Waals surface area contributed by atoms with Gasteiger partial charge in [0.25, 0.3) is 0 Å². The minimum atomic E-state index is 0.410. The molecule has 1 aromatic heterocycles. The summed E-state index contributed by atoms with van der Waals surface area (Å²) in [5.74, 6) is 1.92. The van der Waals surface area contributed by atoms with Crippen molar-refractivity contribution in [2.24, 2.45) is 0 Å². The molecule has 2 unspecified atom stereocenters. The van der Waals surface area contributed by atoms with Crippen LogP contribution >= 0.6 is 0 Å². The van der Waals surface area contributed by atoms with Crippen molar-refractivity contribution in [3.63, 3.8) is 0 Å². The van der Waals surface area contributed by atoms with Gasteiger partial charge in [-0.1, -0.05) is 12.8 Å². The Morgan fingerprint density at radius 3 is 3.12 bits per heavy atom. The monoisotopic (exact) mass is 233 g/mol. The van der Waals surface area contributed by atoms with E-state index in [0.717, 1.165) is 24.8 Å². The molecule has 0 aromatic carbocycles. The number of aromatic nitrogens is 2. The van der Waals surface area contributed by atoms with Crippen molar-refractivity contribution in [1.29, 1.82) is 0 Å². The number of fused-ring (bicyclic) bond motifs is 1. The molecule has 0 bridgehead atoms. The zero-order valence-electron chi connectivity index (χ0n) is 10.3. The molecule has 0 radical (unpaired) electrons. The summed E-state index contributed by atoms with van der Waals surface area (Å²) in [6.45, 7) is 3.73. The van der Waals surface area contributed by atoms with Crippen molar-refractivity contribution in [3.05, 3.63) is 18.1 Å². The van der Waals surface area contributed by atoms with E-state index in [1.54, 1.807) is 0 Å². The summed E-state index contributed by atoms with van der Waals surface area (Å²) in [6, 6.07) is 2.54. The predicted octanol–water partition coefficient (Wildman–Crippen LogP) is 1.93. The average molecular weight is 233 g/mol. The van der Waals surface area contributed by atoms with E-state index in [2.05, 4.69) is 14.9 Å². The predicted molar refractivity (Wildman–Crippen MR) is 66.1 cm³/mol. The van der Waals surface area contributed by atoms with E-state index in [1.807, 2.05) is 19.2 Å². The lowest BCUT2D eigenvalue weighted by molar-refractivity contribution is -0.00900. The van der Waals surface area contributed by atoms with E-state index < -0.39 is 0 Å². The van der Waals surface area contributed by atoms with Crippen molar-refractivity contribution in [2.45, 2.75) is 44.8 Å². The van der Waals surface area contributed by atoms with E-state index in [4.69, 9.17) is 4.74 Å². The maximum atomic E-state index is 5.88. The second kappa shape index (κ2) is 4.61. The van der Waals surface area contributed by atoms with Gasteiger partial charge in [-0.05, 0) is 25.8 Å². The zero-order valence-corrected chi connectivity index (χ0v) is 10.3. The Hall–Kier alpha value is -1.16. The van der Waals surface area contributed by atoms with Crippen LogP contribution in [-0.4, -0.2) is 35.3 Å². The molecule has 1 saturated carbocycles. The number of nitrogens with zero attached hydrogens (tertiary/aromatic N) is 3. The number of ether oxygens (including phenoxy) is 1. The molecule has 1 saturated heterocycles. The van der Waals surface area contributed by atoms with Crippen LogP contribution in [0.1, 0.15) is 31.5 Å². The Labute approximate surface area is 102 Å². The molecule has 1 aliphatic carbocycles. The van der Waals surface area contributed by atoms with Gasteiger partial charge in [0.1, 0.15) is 11.6 Å². The number of aryl methyl sites for hydroxylation is 1. The molecule has 0 N–H and O–H groups in total. The van der Waals surface area contributed by atoms with E-state index >= 15 is 0 Å². The lowest BCUT2D eigenvalue weighted by atomic mass is 9.90. The van der Waals surface area contributed by atoms with Crippen LogP contribution in [0, 0.1) is 6.92 Å². The Balaban J connectivity index is 1.85. The van der Waals surface area contributed by atoms with Crippen LogP contribution in [0.15, 0.2) is 12.3 Å². The second-order valence-corrected chi connectivity index (χ2v) is 4.92. The van der Waals surface area contributed by atoms with Gasteiger partial charge in [0.2, 0.25) is 0 Å². The second-order valence-electron chi connectivity index (χ2n) is 4.92. The van der Waals surface area contributed by atoms with Crippen molar-refractivity contribution in [3.8, 4) is 0 Å². The topological polar surface area (TPSA) is 38.2 Å². The first-order valence-electron chi connectivity index (χ1n) is 6.52. The molecule has 2 heterocycles. The smallest absolute Gasteiger partial charge is 0.132 e. The Morgan fingerprint density at radius 2 is 2.24 bits per heavy atom. The van der Waals surface area contributed by atoms with Gasteiger partial charge in [0, 0.05) is 12.7 Å². The molecule has 2 fully saturated rings. The molecule has 0 spiro atoms. The third-order valence-corrected chi connectivity index (χ3v) is 3.79.